The number of hydrogen-bond donors (Lipinski definition) is 0. The van der Waals surface area contributed by atoms with Crippen molar-refractivity contribution in [2.75, 3.05) is 26.2 Å². The lowest BCUT2D eigenvalue weighted by Gasteiger charge is -2.26. The maximum absolute atomic E-state index is 12.8. The van der Waals surface area contributed by atoms with E-state index in [1.54, 1.807) is 24.3 Å². The third-order valence-electron chi connectivity index (χ3n) is 5.03. The molecule has 1 aliphatic rings. The molecule has 4 rings (SSSR count). The van der Waals surface area contributed by atoms with Crippen LogP contribution in [0.25, 0.3) is 22.1 Å². The van der Waals surface area contributed by atoms with Crippen LogP contribution in [0.1, 0.15) is 19.3 Å². The fraction of sp³-hybridized carbons (Fsp3) is 0.318. The largest absolute Gasteiger partial charge is 0.492 e. The fourth-order valence-electron chi connectivity index (χ4n) is 3.50. The van der Waals surface area contributed by atoms with Crippen LogP contribution < -0.4 is 10.2 Å². The van der Waals surface area contributed by atoms with Gasteiger partial charge in [0, 0.05) is 17.6 Å². The van der Waals surface area contributed by atoms with Crippen molar-refractivity contribution in [3.63, 3.8) is 0 Å². The Morgan fingerprint density at radius 2 is 1.81 bits per heavy atom. The number of fused-ring (bicyclic) bond motifs is 1. The molecule has 0 atom stereocenters. The highest BCUT2D eigenvalue weighted by Gasteiger charge is 2.12. The molecule has 1 fully saturated rings. The number of nitrogens with zero attached hydrogens (tertiary/aromatic N) is 1. The summed E-state index contributed by atoms with van der Waals surface area (Å²) in [6.07, 6.45) is 5.39. The van der Waals surface area contributed by atoms with Crippen LogP contribution in [0.4, 0.5) is 0 Å². The summed E-state index contributed by atoms with van der Waals surface area (Å²) in [5.41, 5.74) is 1.79. The molecule has 0 saturated carbocycles. The molecule has 2 heterocycles. The Hall–Kier alpha value is -2.30. The van der Waals surface area contributed by atoms with Crippen molar-refractivity contribution in [2.24, 2.45) is 0 Å². The van der Waals surface area contributed by atoms with Crippen LogP contribution in [-0.2, 0) is 0 Å². The molecule has 0 N–H and O–H groups in total. The normalized spacial score (nSPS) is 15.1. The van der Waals surface area contributed by atoms with E-state index in [-0.39, 0.29) is 5.43 Å². The second kappa shape index (κ2) is 8.15. The van der Waals surface area contributed by atoms with Crippen LogP contribution in [0.3, 0.4) is 0 Å². The Labute approximate surface area is 163 Å². The van der Waals surface area contributed by atoms with E-state index in [0.29, 0.717) is 28.2 Å². The van der Waals surface area contributed by atoms with Crippen molar-refractivity contribution < 1.29 is 9.15 Å². The first kappa shape index (κ1) is 18.1. The summed E-state index contributed by atoms with van der Waals surface area (Å²) < 4.78 is 11.6. The lowest BCUT2D eigenvalue weighted by atomic mass is 10.1. The van der Waals surface area contributed by atoms with E-state index < -0.39 is 0 Å². The first-order chi connectivity index (χ1) is 13.2. The Kier molecular flexibility index (Phi) is 5.46. The first-order valence-electron chi connectivity index (χ1n) is 9.37. The van der Waals surface area contributed by atoms with Crippen LogP contribution in [0.5, 0.6) is 5.75 Å². The van der Waals surface area contributed by atoms with E-state index in [4.69, 9.17) is 20.8 Å². The van der Waals surface area contributed by atoms with Crippen LogP contribution in [0, 0.1) is 0 Å². The SMILES string of the molecule is O=c1c(-c2ccc(Cl)cc2)coc2cc(OCCN3CCCCC3)ccc12. The molecule has 0 spiro atoms. The van der Waals surface area contributed by atoms with Crippen molar-refractivity contribution >= 4 is 22.6 Å². The Morgan fingerprint density at radius 3 is 2.59 bits per heavy atom. The van der Waals surface area contributed by atoms with Gasteiger partial charge in [-0.3, -0.25) is 9.69 Å². The van der Waals surface area contributed by atoms with Gasteiger partial charge < -0.3 is 9.15 Å². The summed E-state index contributed by atoms with van der Waals surface area (Å²) in [6, 6.07) is 12.6. The Balaban J connectivity index is 1.50. The average molecular weight is 384 g/mol. The van der Waals surface area contributed by atoms with Gasteiger partial charge in [0.15, 0.2) is 5.43 Å². The third-order valence-corrected chi connectivity index (χ3v) is 5.28. The average Bonchev–Trinajstić information content (AvgIpc) is 2.70. The highest BCUT2D eigenvalue weighted by atomic mass is 35.5. The molecule has 2 aromatic carbocycles. The molecular formula is C22H22ClNO3. The highest BCUT2D eigenvalue weighted by Crippen LogP contribution is 2.24. The van der Waals surface area contributed by atoms with Crippen molar-refractivity contribution in [2.45, 2.75) is 19.3 Å². The molecular weight excluding hydrogens is 362 g/mol. The van der Waals surface area contributed by atoms with Gasteiger partial charge in [-0.1, -0.05) is 30.2 Å². The van der Waals surface area contributed by atoms with E-state index in [9.17, 15) is 4.79 Å². The van der Waals surface area contributed by atoms with Gasteiger partial charge in [-0.15, -0.1) is 0 Å². The van der Waals surface area contributed by atoms with Gasteiger partial charge in [0.2, 0.25) is 0 Å². The molecule has 1 aliphatic heterocycles. The maximum Gasteiger partial charge on any atom is 0.200 e. The van der Waals surface area contributed by atoms with Gasteiger partial charge in [0.25, 0.3) is 0 Å². The van der Waals surface area contributed by atoms with Gasteiger partial charge in [-0.2, -0.15) is 0 Å². The molecule has 0 radical (unpaired) electrons. The zero-order valence-corrected chi connectivity index (χ0v) is 15.9. The molecule has 0 amide bonds. The van der Waals surface area contributed by atoms with Crippen LogP contribution in [0.15, 0.2) is 57.9 Å². The molecule has 1 saturated heterocycles. The van der Waals surface area contributed by atoms with Gasteiger partial charge in [-0.25, -0.2) is 0 Å². The van der Waals surface area contributed by atoms with E-state index >= 15 is 0 Å². The topological polar surface area (TPSA) is 42.7 Å². The van der Waals surface area contributed by atoms with Crippen LogP contribution in [0.2, 0.25) is 5.02 Å². The smallest absolute Gasteiger partial charge is 0.200 e. The van der Waals surface area contributed by atoms with Crippen molar-refractivity contribution in [1.82, 2.24) is 4.90 Å². The summed E-state index contributed by atoms with van der Waals surface area (Å²) in [7, 11) is 0. The molecule has 0 bridgehead atoms. The van der Waals surface area contributed by atoms with E-state index in [1.807, 2.05) is 18.2 Å². The lowest BCUT2D eigenvalue weighted by molar-refractivity contribution is 0.183. The summed E-state index contributed by atoms with van der Waals surface area (Å²) >= 11 is 5.92. The fourth-order valence-corrected chi connectivity index (χ4v) is 3.63. The Morgan fingerprint density at radius 1 is 1.04 bits per heavy atom. The number of halogens is 1. The highest BCUT2D eigenvalue weighted by molar-refractivity contribution is 6.30. The molecule has 1 aromatic heterocycles. The summed E-state index contributed by atoms with van der Waals surface area (Å²) in [5.74, 6) is 0.724. The molecule has 4 nitrogen and oxygen atoms in total. The van der Waals surface area contributed by atoms with E-state index in [0.717, 1.165) is 30.9 Å². The van der Waals surface area contributed by atoms with E-state index in [2.05, 4.69) is 4.90 Å². The van der Waals surface area contributed by atoms with Gasteiger partial charge >= 0.3 is 0 Å². The number of hydrogen-bond acceptors (Lipinski definition) is 4. The maximum atomic E-state index is 12.8. The third kappa shape index (κ3) is 4.18. The molecule has 0 unspecified atom stereocenters. The number of benzene rings is 2. The van der Waals surface area contributed by atoms with Crippen LogP contribution >= 0.6 is 11.6 Å². The zero-order valence-electron chi connectivity index (χ0n) is 15.1. The summed E-state index contributed by atoms with van der Waals surface area (Å²) in [6.45, 7) is 3.88. The molecule has 5 heteroatoms. The van der Waals surface area contributed by atoms with Crippen molar-refractivity contribution in [3.05, 3.63) is 64.0 Å². The summed E-state index contributed by atoms with van der Waals surface area (Å²) in [5, 5.41) is 1.18. The predicted octanol–water partition coefficient (Wildman–Crippen LogP) is 4.98. The van der Waals surface area contributed by atoms with Gasteiger partial charge in [0.1, 0.15) is 24.2 Å². The van der Waals surface area contributed by atoms with Gasteiger partial charge in [0.05, 0.1) is 10.9 Å². The minimum absolute atomic E-state index is 0.0570. The van der Waals surface area contributed by atoms with Crippen molar-refractivity contribution in [3.8, 4) is 16.9 Å². The molecule has 27 heavy (non-hydrogen) atoms. The monoisotopic (exact) mass is 383 g/mol. The summed E-state index contributed by atoms with van der Waals surface area (Å²) in [4.78, 5) is 15.2. The number of ether oxygens (including phenoxy) is 1. The predicted molar refractivity (Wildman–Crippen MR) is 109 cm³/mol. The van der Waals surface area contributed by atoms with Gasteiger partial charge in [-0.05, 0) is 55.8 Å². The van der Waals surface area contributed by atoms with E-state index in [1.165, 1.54) is 25.5 Å². The number of piperidine rings is 1. The minimum atomic E-state index is -0.0570. The standard InChI is InChI=1S/C22H22ClNO3/c23-17-6-4-16(5-7-17)20-15-27-21-14-18(8-9-19(21)22(20)25)26-13-12-24-10-2-1-3-11-24/h4-9,14-15H,1-3,10-13H2. The second-order valence-corrected chi connectivity index (χ2v) is 7.33. The second-order valence-electron chi connectivity index (χ2n) is 6.89. The van der Waals surface area contributed by atoms with Crippen molar-refractivity contribution in [1.29, 1.82) is 0 Å². The lowest BCUT2D eigenvalue weighted by Crippen LogP contribution is -2.33. The minimum Gasteiger partial charge on any atom is -0.492 e. The first-order valence-corrected chi connectivity index (χ1v) is 9.75. The molecule has 140 valence electrons. The van der Waals surface area contributed by atoms with Crippen LogP contribution in [-0.4, -0.2) is 31.1 Å². The number of likely N-dealkylation sites (tertiary alicyclic amines) is 1. The molecule has 3 aromatic rings. The number of rotatable bonds is 5. The molecule has 0 aliphatic carbocycles. The zero-order chi connectivity index (χ0) is 18.6. The Bertz CT molecular complexity index is 975. The quantitative estimate of drug-likeness (QED) is 0.623.